The minimum Gasteiger partial charge on any atom is -0.481 e. The van der Waals surface area contributed by atoms with Crippen LogP contribution in [0.4, 0.5) is 23.2 Å². The molecule has 11 heteroatoms. The van der Waals surface area contributed by atoms with Crippen molar-refractivity contribution in [2.75, 3.05) is 5.01 Å². The molecule has 0 radical (unpaired) electrons. The molecule has 0 aliphatic carbocycles. The van der Waals surface area contributed by atoms with Gasteiger partial charge in [-0.15, -0.1) is 0 Å². The molecule has 1 aliphatic heterocycles. The number of carboxylic acids is 1. The van der Waals surface area contributed by atoms with Crippen molar-refractivity contribution in [3.63, 3.8) is 0 Å². The summed E-state index contributed by atoms with van der Waals surface area (Å²) in [4.78, 5) is 14.9. The summed E-state index contributed by atoms with van der Waals surface area (Å²) in [5.41, 5.74) is 1.16. The normalized spacial score (nSPS) is 15.7. The first kappa shape index (κ1) is 25.1. The van der Waals surface area contributed by atoms with Gasteiger partial charge in [0.2, 0.25) is 0 Å². The number of hydrogen-bond donors (Lipinski definition) is 2. The monoisotopic (exact) mass is 503 g/mol. The smallest absolute Gasteiger partial charge is 0.431 e. The molecule has 1 aromatic heterocycles. The van der Waals surface area contributed by atoms with Crippen molar-refractivity contribution in [2.45, 2.75) is 38.6 Å². The Morgan fingerprint density at radius 1 is 1.17 bits per heavy atom. The maximum Gasteiger partial charge on any atom is 0.431 e. The van der Waals surface area contributed by atoms with E-state index in [2.05, 4.69) is 10.1 Å². The molecule has 0 fully saturated rings. The number of alkyl halides is 3. The van der Waals surface area contributed by atoms with Crippen molar-refractivity contribution in [1.29, 1.82) is 0 Å². The van der Waals surface area contributed by atoms with Crippen molar-refractivity contribution < 1.29 is 37.3 Å². The lowest BCUT2D eigenvalue weighted by Crippen LogP contribution is -2.29. The van der Waals surface area contributed by atoms with E-state index in [9.17, 15) is 27.5 Å². The van der Waals surface area contributed by atoms with Gasteiger partial charge in [0, 0.05) is 12.0 Å². The number of rotatable bonds is 7. The highest BCUT2D eigenvalue weighted by atomic mass is 19.4. The fourth-order valence-electron chi connectivity index (χ4n) is 3.88. The third-order valence-electron chi connectivity index (χ3n) is 5.63. The number of benzene rings is 2. The number of ether oxygens (including phenoxy) is 1. The van der Waals surface area contributed by atoms with Gasteiger partial charge in [0.1, 0.15) is 23.0 Å². The van der Waals surface area contributed by atoms with E-state index in [0.717, 1.165) is 11.2 Å². The third kappa shape index (κ3) is 5.46. The second-order valence-corrected chi connectivity index (χ2v) is 8.23. The Bertz CT molecular complexity index is 1310. The summed E-state index contributed by atoms with van der Waals surface area (Å²) in [5, 5.41) is 23.0. The van der Waals surface area contributed by atoms with Gasteiger partial charge in [0.15, 0.2) is 0 Å². The van der Waals surface area contributed by atoms with Gasteiger partial charge in [-0.2, -0.15) is 18.3 Å². The van der Waals surface area contributed by atoms with E-state index in [0.29, 0.717) is 34.0 Å². The zero-order valence-electron chi connectivity index (χ0n) is 19.0. The van der Waals surface area contributed by atoms with Gasteiger partial charge >= 0.3 is 12.1 Å². The maximum absolute atomic E-state index is 14.2. The van der Waals surface area contributed by atoms with Crippen LogP contribution in [0.15, 0.2) is 59.8 Å². The minimum atomic E-state index is -4.64. The molecule has 4 rings (SSSR count). The Morgan fingerprint density at radius 2 is 1.89 bits per heavy atom. The molecule has 2 heterocycles. The van der Waals surface area contributed by atoms with Crippen molar-refractivity contribution in [3.05, 3.63) is 71.8 Å². The fraction of sp³-hybridized carbons (Fsp3) is 0.240. The summed E-state index contributed by atoms with van der Waals surface area (Å²) in [5.74, 6) is -0.885. The Balaban J connectivity index is 1.53. The molecule has 3 aromatic rings. The highest BCUT2D eigenvalue weighted by Crippen LogP contribution is 2.35. The number of aromatic nitrogens is 1. The number of aliphatic hydroxyl groups excluding tert-OH is 1. The number of halogens is 4. The van der Waals surface area contributed by atoms with Crippen LogP contribution in [-0.2, 0) is 11.4 Å². The SMILES string of the molecule is Cc1cc(-c2cc(CO)ncc2F)ccc1Oc1ccc(N2N=C(C(F)(F)F)CC2CC(=O)O)cc1. The van der Waals surface area contributed by atoms with E-state index < -0.39 is 42.6 Å². The molecular formula is C25H21F4N3O4. The summed E-state index contributed by atoms with van der Waals surface area (Å²) in [6.45, 7) is 1.45. The van der Waals surface area contributed by atoms with Gasteiger partial charge in [0.05, 0.1) is 36.6 Å². The number of anilines is 1. The number of carbonyl (C=O) groups is 1. The van der Waals surface area contributed by atoms with Gasteiger partial charge in [0.25, 0.3) is 0 Å². The average molecular weight is 503 g/mol. The number of aliphatic carboxylic acids is 1. The van der Waals surface area contributed by atoms with Gasteiger partial charge in [-0.25, -0.2) is 4.39 Å². The molecule has 0 saturated carbocycles. The number of aryl methyl sites for hydroxylation is 1. The van der Waals surface area contributed by atoms with E-state index in [1.165, 1.54) is 30.3 Å². The summed E-state index contributed by atoms with van der Waals surface area (Å²) < 4.78 is 59.6. The zero-order valence-corrected chi connectivity index (χ0v) is 19.0. The van der Waals surface area contributed by atoms with Gasteiger partial charge in [-0.05, 0) is 60.5 Å². The number of pyridine rings is 1. The molecule has 36 heavy (non-hydrogen) atoms. The third-order valence-corrected chi connectivity index (χ3v) is 5.63. The van der Waals surface area contributed by atoms with E-state index >= 15 is 0 Å². The van der Waals surface area contributed by atoms with Crippen molar-refractivity contribution >= 4 is 17.4 Å². The molecule has 0 bridgehead atoms. The van der Waals surface area contributed by atoms with E-state index in [-0.39, 0.29) is 12.2 Å². The molecule has 0 saturated heterocycles. The van der Waals surface area contributed by atoms with Crippen LogP contribution in [-0.4, -0.2) is 39.1 Å². The first-order valence-electron chi connectivity index (χ1n) is 10.8. The summed E-state index contributed by atoms with van der Waals surface area (Å²) in [6.07, 6.45) is -4.61. The molecule has 0 amide bonds. The van der Waals surface area contributed by atoms with Gasteiger partial charge in [-0.3, -0.25) is 14.8 Å². The Kier molecular flexibility index (Phi) is 6.93. The molecule has 2 N–H and O–H groups in total. The Hall–Kier alpha value is -3.99. The maximum atomic E-state index is 14.2. The lowest BCUT2D eigenvalue weighted by molar-refractivity contribution is -0.137. The molecule has 1 unspecified atom stereocenters. The lowest BCUT2D eigenvalue weighted by Gasteiger charge is -2.22. The molecule has 2 aromatic carbocycles. The van der Waals surface area contributed by atoms with E-state index in [1.54, 1.807) is 25.1 Å². The molecular weight excluding hydrogens is 482 g/mol. The second kappa shape index (κ2) is 9.94. The van der Waals surface area contributed by atoms with Crippen LogP contribution < -0.4 is 9.75 Å². The first-order valence-corrected chi connectivity index (χ1v) is 10.8. The quantitative estimate of drug-likeness (QED) is 0.416. The van der Waals surface area contributed by atoms with Gasteiger partial charge in [-0.1, -0.05) is 6.07 Å². The van der Waals surface area contributed by atoms with Crippen LogP contribution in [0.25, 0.3) is 11.1 Å². The summed E-state index contributed by atoms with van der Waals surface area (Å²) in [6, 6.07) is 11.6. The Morgan fingerprint density at radius 3 is 2.50 bits per heavy atom. The van der Waals surface area contributed by atoms with Crippen LogP contribution >= 0.6 is 0 Å². The zero-order chi connectivity index (χ0) is 26.0. The average Bonchev–Trinajstić information content (AvgIpc) is 3.25. The topological polar surface area (TPSA) is 95.3 Å². The minimum absolute atomic E-state index is 0.286. The molecule has 7 nitrogen and oxygen atoms in total. The van der Waals surface area contributed by atoms with Crippen molar-refractivity contribution in [2.24, 2.45) is 5.10 Å². The second-order valence-electron chi connectivity index (χ2n) is 8.23. The van der Waals surface area contributed by atoms with Crippen molar-refractivity contribution in [1.82, 2.24) is 4.98 Å². The van der Waals surface area contributed by atoms with Crippen LogP contribution in [0.3, 0.4) is 0 Å². The highest BCUT2D eigenvalue weighted by Gasteiger charge is 2.43. The number of hydrazone groups is 1. The standard InChI is InChI=1S/C25H21F4N3O4/c1-14-8-15(20-9-16(13-33)30-12-21(20)26)2-7-22(14)36-19-5-3-17(4-6-19)32-18(11-24(34)35)10-23(31-32)25(27,28)29/h2-9,12,18,33H,10-11,13H2,1H3,(H,34,35). The van der Waals surface area contributed by atoms with E-state index in [1.807, 2.05) is 0 Å². The summed E-state index contributed by atoms with van der Waals surface area (Å²) in [7, 11) is 0. The number of carboxylic acid groups (broad SMARTS) is 1. The number of hydrogen-bond acceptors (Lipinski definition) is 6. The number of nitrogens with zero attached hydrogens (tertiary/aromatic N) is 3. The predicted molar refractivity (Wildman–Crippen MR) is 123 cm³/mol. The van der Waals surface area contributed by atoms with Crippen molar-refractivity contribution in [3.8, 4) is 22.6 Å². The van der Waals surface area contributed by atoms with E-state index in [4.69, 9.17) is 9.84 Å². The van der Waals surface area contributed by atoms with Crippen LogP contribution in [0.1, 0.15) is 24.1 Å². The largest absolute Gasteiger partial charge is 0.481 e. The summed E-state index contributed by atoms with van der Waals surface area (Å²) >= 11 is 0. The van der Waals surface area contributed by atoms with Gasteiger partial charge < -0.3 is 14.9 Å². The number of aliphatic hydroxyl groups is 1. The lowest BCUT2D eigenvalue weighted by atomic mass is 10.0. The predicted octanol–water partition coefficient (Wildman–Crippen LogP) is 5.45. The van der Waals surface area contributed by atoms with Crippen LogP contribution in [0, 0.1) is 12.7 Å². The molecule has 0 spiro atoms. The Labute approximate surface area is 203 Å². The van der Waals surface area contributed by atoms with Crippen LogP contribution in [0.2, 0.25) is 0 Å². The molecule has 188 valence electrons. The van der Waals surface area contributed by atoms with Crippen LogP contribution in [0.5, 0.6) is 11.5 Å². The molecule has 1 atom stereocenters. The first-order chi connectivity index (χ1) is 17.0. The highest BCUT2D eigenvalue weighted by molar-refractivity contribution is 5.94. The molecule has 1 aliphatic rings. The fourth-order valence-corrected chi connectivity index (χ4v) is 3.88.